The van der Waals surface area contributed by atoms with Crippen molar-refractivity contribution in [1.29, 1.82) is 0 Å². The Morgan fingerprint density at radius 1 is 1.23 bits per heavy atom. The number of aliphatic hydroxyl groups excluding tert-OH is 1. The minimum absolute atomic E-state index is 0.150. The fraction of sp³-hybridized carbons (Fsp3) is 0.423. The van der Waals surface area contributed by atoms with E-state index in [9.17, 15) is 9.90 Å². The molecule has 5 heteroatoms. The molecule has 0 radical (unpaired) electrons. The van der Waals surface area contributed by atoms with Crippen molar-refractivity contribution in [3.63, 3.8) is 0 Å². The third-order valence-corrected chi connectivity index (χ3v) is 5.51. The van der Waals surface area contributed by atoms with Gasteiger partial charge in [-0.15, -0.1) is 0 Å². The summed E-state index contributed by atoms with van der Waals surface area (Å²) in [7, 11) is 0. The van der Waals surface area contributed by atoms with Gasteiger partial charge in [-0.25, -0.2) is 4.98 Å². The topological polar surface area (TPSA) is 75.1 Å². The number of aliphatic hydroxyl groups is 1. The molecule has 0 aliphatic carbocycles. The average Bonchev–Trinajstić information content (AvgIpc) is 2.72. The Morgan fingerprint density at radius 3 is 2.52 bits per heavy atom. The van der Waals surface area contributed by atoms with Gasteiger partial charge in [-0.1, -0.05) is 38.0 Å². The first kappa shape index (κ1) is 24.5. The summed E-state index contributed by atoms with van der Waals surface area (Å²) in [5.74, 6) is 0.372. The summed E-state index contributed by atoms with van der Waals surface area (Å²) in [6.07, 6.45) is 8.06. The molecule has 1 amide bonds. The predicted octanol–water partition coefficient (Wildman–Crippen LogP) is 6.13. The van der Waals surface area contributed by atoms with Gasteiger partial charge in [0, 0.05) is 29.6 Å². The van der Waals surface area contributed by atoms with E-state index < -0.39 is 6.10 Å². The molecule has 0 fully saturated rings. The number of carbonyl (C=O) groups is 1. The number of fused-ring (bicyclic) bond motifs is 1. The van der Waals surface area contributed by atoms with Crippen LogP contribution < -0.4 is 5.32 Å². The first-order valence-corrected chi connectivity index (χ1v) is 11.0. The smallest absolute Gasteiger partial charge is 0.222 e. The first-order valence-electron chi connectivity index (χ1n) is 11.0. The lowest BCUT2D eigenvalue weighted by atomic mass is 9.93. The first-order chi connectivity index (χ1) is 14.7. The van der Waals surface area contributed by atoms with Crippen LogP contribution in [0.3, 0.4) is 0 Å². The number of pyridine rings is 2. The number of allylic oxidation sites excluding steroid dienone is 4. The van der Waals surface area contributed by atoms with E-state index in [0.717, 1.165) is 58.1 Å². The molecule has 1 atom stereocenters. The highest BCUT2D eigenvalue weighted by molar-refractivity contribution is 5.93. The minimum atomic E-state index is -0.458. The zero-order chi connectivity index (χ0) is 23.1. The Kier molecular flexibility index (Phi) is 8.69. The quantitative estimate of drug-likeness (QED) is 0.503. The van der Waals surface area contributed by atoms with Gasteiger partial charge in [0.1, 0.15) is 5.82 Å². The van der Waals surface area contributed by atoms with E-state index in [1.54, 1.807) is 6.20 Å². The fourth-order valence-electron chi connectivity index (χ4n) is 3.73. The van der Waals surface area contributed by atoms with Crippen LogP contribution in [0.25, 0.3) is 16.3 Å². The molecule has 0 aliphatic heterocycles. The van der Waals surface area contributed by atoms with Gasteiger partial charge in [-0.3, -0.25) is 9.78 Å². The standard InChI is InChI=1S/C26H35N3O2/c1-8-11-25(31)22(16(4)9-2)12-17(5)21(10-3)24-13-20-15-27-26(29-19(7)30)14-23(20)18(6)28-24/h10,12-15,25,31H,8-9,11H2,1-7H3,(H,27,29,30)/b17-12-,21-10+,22-16-. The van der Waals surface area contributed by atoms with E-state index in [-0.39, 0.29) is 5.91 Å². The largest absolute Gasteiger partial charge is 0.388 e. The number of aryl methyl sites for hydroxylation is 1. The minimum Gasteiger partial charge on any atom is -0.388 e. The number of nitrogens with one attached hydrogen (secondary N) is 1. The second kappa shape index (κ2) is 11.0. The van der Waals surface area contributed by atoms with E-state index in [1.807, 2.05) is 26.0 Å². The Bertz CT molecular complexity index is 1050. The van der Waals surface area contributed by atoms with Crippen molar-refractivity contribution < 1.29 is 9.90 Å². The van der Waals surface area contributed by atoms with Crippen LogP contribution >= 0.6 is 0 Å². The molecule has 0 bridgehead atoms. The fourth-order valence-corrected chi connectivity index (χ4v) is 3.73. The van der Waals surface area contributed by atoms with Crippen molar-refractivity contribution in [3.8, 4) is 0 Å². The average molecular weight is 422 g/mol. The van der Waals surface area contributed by atoms with E-state index >= 15 is 0 Å². The summed E-state index contributed by atoms with van der Waals surface area (Å²) < 4.78 is 0. The number of amides is 1. The zero-order valence-electron chi connectivity index (χ0n) is 19.8. The van der Waals surface area contributed by atoms with Crippen LogP contribution in [0.1, 0.15) is 72.2 Å². The maximum absolute atomic E-state index is 11.3. The van der Waals surface area contributed by atoms with Crippen molar-refractivity contribution in [3.05, 3.63) is 58.6 Å². The van der Waals surface area contributed by atoms with Gasteiger partial charge in [0.15, 0.2) is 0 Å². The van der Waals surface area contributed by atoms with Crippen LogP contribution in [0.15, 0.2) is 47.2 Å². The molecule has 1 unspecified atom stereocenters. The van der Waals surface area contributed by atoms with Gasteiger partial charge < -0.3 is 10.4 Å². The van der Waals surface area contributed by atoms with Crippen molar-refractivity contribution in [2.45, 2.75) is 73.8 Å². The molecule has 0 saturated carbocycles. The van der Waals surface area contributed by atoms with Crippen LogP contribution in [-0.2, 0) is 4.79 Å². The molecular formula is C26H35N3O2. The summed E-state index contributed by atoms with van der Waals surface area (Å²) in [6.45, 7) is 13.8. The Morgan fingerprint density at radius 2 is 1.94 bits per heavy atom. The van der Waals surface area contributed by atoms with Crippen LogP contribution in [0.5, 0.6) is 0 Å². The third-order valence-electron chi connectivity index (χ3n) is 5.51. The van der Waals surface area contributed by atoms with Crippen molar-refractivity contribution in [1.82, 2.24) is 9.97 Å². The number of hydrogen-bond acceptors (Lipinski definition) is 4. The van der Waals surface area contributed by atoms with Crippen LogP contribution in [0.4, 0.5) is 5.82 Å². The summed E-state index contributed by atoms with van der Waals surface area (Å²) in [5.41, 5.74) is 6.04. The molecule has 2 rings (SSSR count). The van der Waals surface area contributed by atoms with E-state index in [2.05, 4.69) is 50.1 Å². The maximum Gasteiger partial charge on any atom is 0.222 e. The monoisotopic (exact) mass is 421 g/mol. The van der Waals surface area contributed by atoms with Gasteiger partial charge in [0.05, 0.1) is 11.8 Å². The molecule has 5 nitrogen and oxygen atoms in total. The van der Waals surface area contributed by atoms with Gasteiger partial charge in [0.2, 0.25) is 5.91 Å². The van der Waals surface area contributed by atoms with Gasteiger partial charge >= 0.3 is 0 Å². The van der Waals surface area contributed by atoms with E-state index in [0.29, 0.717) is 5.82 Å². The summed E-state index contributed by atoms with van der Waals surface area (Å²) in [5, 5.41) is 15.3. The highest BCUT2D eigenvalue weighted by atomic mass is 16.3. The summed E-state index contributed by atoms with van der Waals surface area (Å²) >= 11 is 0. The van der Waals surface area contributed by atoms with Crippen molar-refractivity contribution in [2.75, 3.05) is 5.32 Å². The molecule has 2 aromatic heterocycles. The second-order valence-corrected chi connectivity index (χ2v) is 7.99. The van der Waals surface area contributed by atoms with Crippen molar-refractivity contribution >= 4 is 28.1 Å². The van der Waals surface area contributed by atoms with Crippen LogP contribution in [0.2, 0.25) is 0 Å². The predicted molar refractivity (Wildman–Crippen MR) is 130 cm³/mol. The molecule has 31 heavy (non-hydrogen) atoms. The molecule has 0 aliphatic rings. The van der Waals surface area contributed by atoms with Gasteiger partial charge in [0.25, 0.3) is 0 Å². The molecule has 2 N–H and O–H groups in total. The molecular weight excluding hydrogens is 386 g/mol. The molecule has 0 aromatic carbocycles. The number of nitrogens with zero attached hydrogens (tertiary/aromatic N) is 2. The number of rotatable bonds is 8. The normalized spacial score (nSPS) is 14.5. The molecule has 2 heterocycles. The van der Waals surface area contributed by atoms with Crippen molar-refractivity contribution in [2.24, 2.45) is 0 Å². The lowest BCUT2D eigenvalue weighted by Crippen LogP contribution is -2.11. The number of hydrogen-bond donors (Lipinski definition) is 2. The maximum atomic E-state index is 11.3. The Labute approximate surface area is 186 Å². The van der Waals surface area contributed by atoms with Crippen LogP contribution in [0, 0.1) is 6.92 Å². The van der Waals surface area contributed by atoms with Crippen LogP contribution in [-0.4, -0.2) is 27.1 Å². The second-order valence-electron chi connectivity index (χ2n) is 7.99. The number of aromatic nitrogens is 2. The summed E-state index contributed by atoms with van der Waals surface area (Å²) in [6, 6.07) is 3.88. The highest BCUT2D eigenvalue weighted by Crippen LogP contribution is 2.29. The molecule has 166 valence electrons. The zero-order valence-corrected chi connectivity index (χ0v) is 19.8. The van der Waals surface area contributed by atoms with E-state index in [4.69, 9.17) is 4.98 Å². The van der Waals surface area contributed by atoms with Gasteiger partial charge in [-0.2, -0.15) is 0 Å². The highest BCUT2D eigenvalue weighted by Gasteiger charge is 2.14. The Hall–Kier alpha value is -2.79. The SMILES string of the molecule is C\C=C(/C(C)=C\C(=C(/C)CC)C(O)CCC)c1cc2cnc(NC(C)=O)cc2c(C)n1. The Balaban J connectivity index is 2.51. The van der Waals surface area contributed by atoms with Gasteiger partial charge in [-0.05, 0) is 69.4 Å². The summed E-state index contributed by atoms with van der Waals surface area (Å²) in [4.78, 5) is 20.5. The lowest BCUT2D eigenvalue weighted by molar-refractivity contribution is -0.114. The molecule has 0 spiro atoms. The molecule has 0 saturated heterocycles. The number of carbonyl (C=O) groups excluding carboxylic acids is 1. The van der Waals surface area contributed by atoms with E-state index in [1.165, 1.54) is 12.5 Å². The third kappa shape index (κ3) is 6.11. The number of anilines is 1. The lowest BCUT2D eigenvalue weighted by Gasteiger charge is -2.17. The molecule has 2 aromatic rings.